The average Bonchev–Trinajstić information content (AvgIpc) is 3.16. The molecule has 0 aliphatic carbocycles. The molecule has 4 rings (SSSR count). The van der Waals surface area contributed by atoms with Gasteiger partial charge in [-0.15, -0.1) is 0 Å². The summed E-state index contributed by atoms with van der Waals surface area (Å²) >= 11 is 3.49. The van der Waals surface area contributed by atoms with Crippen molar-refractivity contribution in [1.82, 2.24) is 10.2 Å². The Kier molecular flexibility index (Phi) is 5.22. The van der Waals surface area contributed by atoms with E-state index in [0.717, 1.165) is 27.1 Å². The zero-order valence-electron chi connectivity index (χ0n) is 15.0. The van der Waals surface area contributed by atoms with Crippen LogP contribution in [0.2, 0.25) is 0 Å². The van der Waals surface area contributed by atoms with E-state index in [9.17, 15) is 4.79 Å². The van der Waals surface area contributed by atoms with Crippen LogP contribution in [-0.2, 0) is 4.74 Å². The van der Waals surface area contributed by atoms with E-state index in [1.54, 1.807) is 4.90 Å². The lowest BCUT2D eigenvalue weighted by Crippen LogP contribution is -2.47. The summed E-state index contributed by atoms with van der Waals surface area (Å²) < 4.78 is 17.6. The molecule has 0 bridgehead atoms. The van der Waals surface area contributed by atoms with Gasteiger partial charge in [0.15, 0.2) is 11.5 Å². The normalized spacial score (nSPS) is 19.6. The number of amides is 2. The predicted octanol–water partition coefficient (Wildman–Crippen LogP) is 4.02. The van der Waals surface area contributed by atoms with E-state index in [1.165, 1.54) is 0 Å². The summed E-state index contributed by atoms with van der Waals surface area (Å²) in [5, 5.41) is 3.07. The van der Waals surface area contributed by atoms with Gasteiger partial charge in [0.2, 0.25) is 6.79 Å². The Morgan fingerprint density at radius 1 is 1.22 bits per heavy atom. The number of hydrogen-bond acceptors (Lipinski definition) is 4. The molecule has 1 fully saturated rings. The van der Waals surface area contributed by atoms with Crippen molar-refractivity contribution in [2.75, 3.05) is 26.5 Å². The number of halogens is 1. The Hall–Kier alpha value is -2.25. The fourth-order valence-electron chi connectivity index (χ4n) is 3.28. The second kappa shape index (κ2) is 7.78. The van der Waals surface area contributed by atoms with Gasteiger partial charge in [0.25, 0.3) is 0 Å². The summed E-state index contributed by atoms with van der Waals surface area (Å²) in [6.45, 7) is 3.81. The van der Waals surface area contributed by atoms with Gasteiger partial charge >= 0.3 is 6.03 Å². The summed E-state index contributed by atoms with van der Waals surface area (Å²) in [6, 6.07) is 13.5. The third-order valence-corrected chi connectivity index (χ3v) is 5.30. The zero-order valence-corrected chi connectivity index (χ0v) is 16.6. The lowest BCUT2D eigenvalue weighted by atomic mass is 10.1. The van der Waals surface area contributed by atoms with Crippen LogP contribution in [0.25, 0.3) is 0 Å². The molecule has 2 aromatic carbocycles. The summed E-state index contributed by atoms with van der Waals surface area (Å²) in [5.41, 5.74) is 2.04. The van der Waals surface area contributed by atoms with Crippen LogP contribution in [0.5, 0.6) is 11.5 Å². The number of morpholine rings is 1. The van der Waals surface area contributed by atoms with E-state index < -0.39 is 0 Å². The topological polar surface area (TPSA) is 60.0 Å². The lowest BCUT2D eigenvalue weighted by Gasteiger charge is -2.34. The Bertz CT molecular complexity index is 844. The molecule has 27 heavy (non-hydrogen) atoms. The van der Waals surface area contributed by atoms with Gasteiger partial charge in [0, 0.05) is 11.0 Å². The molecule has 2 atom stereocenters. The highest BCUT2D eigenvalue weighted by Gasteiger charge is 2.26. The van der Waals surface area contributed by atoms with Crippen LogP contribution in [0.3, 0.4) is 0 Å². The van der Waals surface area contributed by atoms with Gasteiger partial charge in [0.1, 0.15) is 6.10 Å². The van der Waals surface area contributed by atoms with Crippen LogP contribution in [0.4, 0.5) is 4.79 Å². The maximum atomic E-state index is 12.8. The van der Waals surface area contributed by atoms with Crippen molar-refractivity contribution in [2.24, 2.45) is 0 Å². The van der Waals surface area contributed by atoms with Gasteiger partial charge in [-0.25, -0.2) is 4.79 Å². The molecule has 2 aliphatic rings. The van der Waals surface area contributed by atoms with Crippen LogP contribution in [-0.4, -0.2) is 37.4 Å². The molecule has 2 heterocycles. The highest BCUT2D eigenvalue weighted by atomic mass is 79.9. The van der Waals surface area contributed by atoms with Crippen molar-refractivity contribution in [3.63, 3.8) is 0 Å². The molecule has 142 valence electrons. The van der Waals surface area contributed by atoms with Crippen LogP contribution in [0.15, 0.2) is 46.9 Å². The fourth-order valence-corrected chi connectivity index (χ4v) is 3.70. The number of ether oxygens (including phenoxy) is 3. The number of carbonyl (C=O) groups is 1. The highest BCUT2D eigenvalue weighted by Crippen LogP contribution is 2.34. The highest BCUT2D eigenvalue weighted by molar-refractivity contribution is 9.10. The Balaban J connectivity index is 1.40. The van der Waals surface area contributed by atoms with E-state index in [0.29, 0.717) is 19.7 Å². The molecule has 1 saturated heterocycles. The van der Waals surface area contributed by atoms with Crippen molar-refractivity contribution in [2.45, 2.75) is 19.1 Å². The van der Waals surface area contributed by atoms with Crippen LogP contribution in [0, 0.1) is 0 Å². The number of benzene rings is 2. The third-order valence-electron chi connectivity index (χ3n) is 4.81. The molecule has 0 aromatic heterocycles. The Morgan fingerprint density at radius 2 is 2.07 bits per heavy atom. The molecule has 0 saturated carbocycles. The first-order valence-electron chi connectivity index (χ1n) is 8.92. The lowest BCUT2D eigenvalue weighted by molar-refractivity contribution is -0.0157. The first-order chi connectivity index (χ1) is 13.1. The van der Waals surface area contributed by atoms with Crippen molar-refractivity contribution in [1.29, 1.82) is 0 Å². The average molecular weight is 433 g/mol. The minimum absolute atomic E-state index is 0.0940. The molecular formula is C20H21BrN2O4. The van der Waals surface area contributed by atoms with Crippen molar-refractivity contribution < 1.29 is 19.0 Å². The van der Waals surface area contributed by atoms with Gasteiger partial charge in [0.05, 0.1) is 19.2 Å². The van der Waals surface area contributed by atoms with Crippen molar-refractivity contribution in [3.05, 3.63) is 58.1 Å². The van der Waals surface area contributed by atoms with E-state index in [4.69, 9.17) is 14.2 Å². The van der Waals surface area contributed by atoms with Crippen LogP contribution >= 0.6 is 15.9 Å². The van der Waals surface area contributed by atoms with E-state index in [-0.39, 0.29) is 25.0 Å². The maximum Gasteiger partial charge on any atom is 0.318 e. The minimum Gasteiger partial charge on any atom is -0.454 e. The summed E-state index contributed by atoms with van der Waals surface area (Å²) in [6.07, 6.45) is -0.122. The van der Waals surface area contributed by atoms with E-state index >= 15 is 0 Å². The minimum atomic E-state index is -0.140. The van der Waals surface area contributed by atoms with Gasteiger partial charge in [-0.3, -0.25) is 0 Å². The number of hydrogen-bond donors (Lipinski definition) is 1. The molecule has 2 aromatic rings. The summed E-state index contributed by atoms with van der Waals surface area (Å²) in [4.78, 5) is 14.6. The molecule has 6 nitrogen and oxygen atoms in total. The van der Waals surface area contributed by atoms with Crippen molar-refractivity contribution >= 4 is 22.0 Å². The second-order valence-electron chi connectivity index (χ2n) is 6.64. The van der Waals surface area contributed by atoms with E-state index in [2.05, 4.69) is 21.2 Å². The molecule has 7 heteroatoms. The van der Waals surface area contributed by atoms with Crippen LogP contribution in [0.1, 0.15) is 30.2 Å². The number of rotatable bonds is 3. The maximum absolute atomic E-state index is 12.8. The predicted molar refractivity (Wildman–Crippen MR) is 104 cm³/mol. The summed E-state index contributed by atoms with van der Waals surface area (Å²) in [5.74, 6) is 1.46. The zero-order chi connectivity index (χ0) is 18.8. The molecule has 0 radical (unpaired) electrons. The number of carbonyl (C=O) groups excluding carboxylic acids is 1. The molecule has 1 N–H and O–H groups in total. The SMILES string of the molecule is CC(NC(=O)N1CCOC(c2cccc(Br)c2)C1)c1ccc2c(c1)OCO2. The standard InChI is InChI=1S/C20H21BrN2O4/c1-13(14-5-6-17-18(10-14)27-12-26-17)22-20(24)23-7-8-25-19(11-23)15-3-2-4-16(21)9-15/h2-6,9-10,13,19H,7-8,11-12H2,1H3,(H,22,24). The summed E-state index contributed by atoms with van der Waals surface area (Å²) in [7, 11) is 0. The molecule has 2 aliphatic heterocycles. The van der Waals surface area contributed by atoms with Crippen molar-refractivity contribution in [3.8, 4) is 11.5 Å². The first-order valence-corrected chi connectivity index (χ1v) is 9.71. The second-order valence-corrected chi connectivity index (χ2v) is 7.56. The van der Waals surface area contributed by atoms with Gasteiger partial charge < -0.3 is 24.4 Å². The Labute approximate surface area is 166 Å². The number of nitrogens with one attached hydrogen (secondary N) is 1. The number of urea groups is 1. The first kappa shape index (κ1) is 18.1. The number of nitrogens with zero attached hydrogens (tertiary/aromatic N) is 1. The quantitative estimate of drug-likeness (QED) is 0.795. The van der Waals surface area contributed by atoms with Gasteiger partial charge in [-0.1, -0.05) is 34.1 Å². The largest absolute Gasteiger partial charge is 0.454 e. The molecule has 0 spiro atoms. The smallest absolute Gasteiger partial charge is 0.318 e. The van der Waals surface area contributed by atoms with Gasteiger partial charge in [-0.05, 0) is 42.3 Å². The monoisotopic (exact) mass is 432 g/mol. The van der Waals surface area contributed by atoms with E-state index in [1.807, 2.05) is 49.4 Å². The Morgan fingerprint density at radius 3 is 2.93 bits per heavy atom. The third kappa shape index (κ3) is 4.04. The molecule has 2 unspecified atom stereocenters. The molecular weight excluding hydrogens is 412 g/mol. The number of fused-ring (bicyclic) bond motifs is 1. The van der Waals surface area contributed by atoms with Gasteiger partial charge in [-0.2, -0.15) is 0 Å². The fraction of sp³-hybridized carbons (Fsp3) is 0.350. The van der Waals surface area contributed by atoms with Crippen LogP contribution < -0.4 is 14.8 Å². The molecule has 2 amide bonds.